The van der Waals surface area contributed by atoms with Gasteiger partial charge in [0.15, 0.2) is 0 Å². The van der Waals surface area contributed by atoms with Crippen LogP contribution in [0.5, 0.6) is 0 Å². The summed E-state index contributed by atoms with van der Waals surface area (Å²) in [6, 6.07) is 17.4. The first kappa shape index (κ1) is 16.9. The second-order valence-corrected chi connectivity index (χ2v) is 7.14. The van der Waals surface area contributed by atoms with Crippen molar-refractivity contribution in [1.82, 2.24) is 24.6 Å². The monoisotopic (exact) mass is 370 g/mol. The first-order valence-corrected chi connectivity index (χ1v) is 9.60. The van der Waals surface area contributed by atoms with Crippen molar-refractivity contribution in [2.75, 3.05) is 11.9 Å². The van der Waals surface area contributed by atoms with Gasteiger partial charge in [0, 0.05) is 32.0 Å². The highest BCUT2D eigenvalue weighted by atomic mass is 15.3. The van der Waals surface area contributed by atoms with Crippen LogP contribution in [-0.4, -0.2) is 31.2 Å². The fourth-order valence-corrected chi connectivity index (χ4v) is 3.84. The maximum atomic E-state index is 4.74. The normalized spacial score (nSPS) is 14.1. The van der Waals surface area contributed by atoms with Crippen LogP contribution in [0.3, 0.4) is 0 Å². The molecule has 2 aromatic heterocycles. The second kappa shape index (κ2) is 7.40. The molecular weight excluding hydrogens is 348 g/mol. The number of fused-ring (bicyclic) bond motifs is 2. The summed E-state index contributed by atoms with van der Waals surface area (Å²) in [5.74, 6) is 0.769. The van der Waals surface area contributed by atoms with E-state index < -0.39 is 0 Å². The number of rotatable bonds is 5. The van der Waals surface area contributed by atoms with Gasteiger partial charge in [0.1, 0.15) is 5.82 Å². The van der Waals surface area contributed by atoms with Crippen molar-refractivity contribution in [3.8, 4) is 0 Å². The Hall–Kier alpha value is -3.25. The fourth-order valence-electron chi connectivity index (χ4n) is 3.84. The second-order valence-electron chi connectivity index (χ2n) is 7.14. The Labute approximate surface area is 163 Å². The summed E-state index contributed by atoms with van der Waals surface area (Å²) >= 11 is 0. The van der Waals surface area contributed by atoms with E-state index in [9.17, 15) is 0 Å². The number of hydrogen-bond donors (Lipinski definition) is 1. The van der Waals surface area contributed by atoms with Gasteiger partial charge >= 0.3 is 0 Å². The molecule has 5 rings (SSSR count). The van der Waals surface area contributed by atoms with Crippen LogP contribution in [0.1, 0.15) is 17.0 Å². The Kier molecular flexibility index (Phi) is 4.47. The molecule has 4 aromatic rings. The minimum atomic E-state index is 0.655. The summed E-state index contributed by atoms with van der Waals surface area (Å²) in [7, 11) is 0. The lowest BCUT2D eigenvalue weighted by Crippen LogP contribution is -2.33. The molecular formula is C22H22N6. The molecule has 0 radical (unpaired) electrons. The number of benzene rings is 2. The van der Waals surface area contributed by atoms with Crippen LogP contribution in [0.2, 0.25) is 0 Å². The van der Waals surface area contributed by atoms with Crippen molar-refractivity contribution >= 4 is 16.6 Å². The molecule has 0 amide bonds. The van der Waals surface area contributed by atoms with Crippen molar-refractivity contribution < 1.29 is 0 Å². The van der Waals surface area contributed by atoms with Gasteiger partial charge in [-0.1, -0.05) is 42.5 Å². The van der Waals surface area contributed by atoms with E-state index in [0.29, 0.717) is 6.54 Å². The summed E-state index contributed by atoms with van der Waals surface area (Å²) < 4.78 is 2.13. The average molecular weight is 370 g/mol. The Morgan fingerprint density at radius 2 is 1.93 bits per heavy atom. The summed E-state index contributed by atoms with van der Waals surface area (Å²) in [6.45, 7) is 4.46. The largest absolute Gasteiger partial charge is 0.363 e. The predicted molar refractivity (Wildman–Crippen MR) is 110 cm³/mol. The zero-order valence-electron chi connectivity index (χ0n) is 15.6. The molecule has 2 aromatic carbocycles. The number of anilines is 1. The molecule has 1 aliphatic heterocycles. The highest BCUT2D eigenvalue weighted by Gasteiger charge is 2.19. The lowest BCUT2D eigenvalue weighted by atomic mass is 10.0. The van der Waals surface area contributed by atoms with Gasteiger partial charge in [0.2, 0.25) is 0 Å². The molecule has 6 nitrogen and oxygen atoms in total. The summed E-state index contributed by atoms with van der Waals surface area (Å²) in [6.07, 6.45) is 5.08. The molecule has 6 heteroatoms. The Morgan fingerprint density at radius 3 is 2.86 bits per heavy atom. The molecule has 28 heavy (non-hydrogen) atoms. The standard InChI is InChI=1S/C22H22N6/c1-2-7-21-17(4-1)5-3-6-18(21)15-27-10-11-28-20(16-27)12-19(26-28)13-25-22-14-23-8-9-24-22/h1-9,12,14H,10-11,13,15-16H2,(H,24,25). The van der Waals surface area contributed by atoms with Crippen molar-refractivity contribution in [3.63, 3.8) is 0 Å². The average Bonchev–Trinajstić information content (AvgIpc) is 3.16. The highest BCUT2D eigenvalue weighted by molar-refractivity contribution is 5.85. The van der Waals surface area contributed by atoms with Crippen LogP contribution in [0.25, 0.3) is 10.8 Å². The molecule has 0 saturated carbocycles. The maximum absolute atomic E-state index is 4.74. The molecule has 0 unspecified atom stereocenters. The SMILES string of the molecule is c1ccc2c(CN3CCn4nc(CNc5cnccn5)cc4C3)cccc2c1. The summed E-state index contributed by atoms with van der Waals surface area (Å²) in [4.78, 5) is 10.8. The van der Waals surface area contributed by atoms with E-state index >= 15 is 0 Å². The quantitative estimate of drug-likeness (QED) is 0.583. The first-order valence-electron chi connectivity index (χ1n) is 9.60. The van der Waals surface area contributed by atoms with Gasteiger partial charge in [-0.2, -0.15) is 5.10 Å². The molecule has 0 saturated heterocycles. The van der Waals surface area contributed by atoms with Crippen LogP contribution < -0.4 is 5.32 Å². The lowest BCUT2D eigenvalue weighted by molar-refractivity contribution is 0.206. The van der Waals surface area contributed by atoms with Gasteiger partial charge in [-0.25, -0.2) is 4.98 Å². The number of nitrogens with zero attached hydrogens (tertiary/aromatic N) is 5. The van der Waals surface area contributed by atoms with Gasteiger partial charge in [0.25, 0.3) is 0 Å². The van der Waals surface area contributed by atoms with Crippen molar-refractivity contribution in [1.29, 1.82) is 0 Å². The maximum Gasteiger partial charge on any atom is 0.144 e. The molecule has 1 N–H and O–H groups in total. The zero-order chi connectivity index (χ0) is 18.8. The van der Waals surface area contributed by atoms with Crippen molar-refractivity contribution in [2.24, 2.45) is 0 Å². The molecule has 0 fully saturated rings. The molecule has 0 spiro atoms. The van der Waals surface area contributed by atoms with E-state index in [4.69, 9.17) is 5.10 Å². The van der Waals surface area contributed by atoms with E-state index in [1.807, 2.05) is 0 Å². The number of hydrogen-bond acceptors (Lipinski definition) is 5. The van der Waals surface area contributed by atoms with Gasteiger partial charge in [-0.05, 0) is 22.4 Å². The molecule has 0 aliphatic carbocycles. The van der Waals surface area contributed by atoms with E-state index in [2.05, 4.69) is 73.4 Å². The third kappa shape index (κ3) is 3.46. The van der Waals surface area contributed by atoms with Crippen molar-refractivity contribution in [3.05, 3.63) is 84.1 Å². The van der Waals surface area contributed by atoms with E-state index in [-0.39, 0.29) is 0 Å². The van der Waals surface area contributed by atoms with Gasteiger partial charge in [-0.3, -0.25) is 14.6 Å². The molecule has 0 bridgehead atoms. The Bertz CT molecular complexity index is 1080. The topological polar surface area (TPSA) is 58.9 Å². The molecule has 3 heterocycles. The molecule has 1 aliphatic rings. The van der Waals surface area contributed by atoms with Crippen LogP contribution in [0.4, 0.5) is 5.82 Å². The van der Waals surface area contributed by atoms with E-state index in [1.54, 1.807) is 18.6 Å². The van der Waals surface area contributed by atoms with Gasteiger partial charge in [-0.15, -0.1) is 0 Å². The Morgan fingerprint density at radius 1 is 1.00 bits per heavy atom. The summed E-state index contributed by atoms with van der Waals surface area (Å²) in [5, 5.41) is 10.7. The van der Waals surface area contributed by atoms with E-state index in [1.165, 1.54) is 22.0 Å². The smallest absolute Gasteiger partial charge is 0.144 e. The first-order chi connectivity index (χ1) is 13.8. The zero-order valence-corrected chi connectivity index (χ0v) is 15.6. The van der Waals surface area contributed by atoms with Gasteiger partial charge < -0.3 is 5.32 Å². The highest BCUT2D eigenvalue weighted by Crippen LogP contribution is 2.22. The minimum Gasteiger partial charge on any atom is -0.363 e. The van der Waals surface area contributed by atoms with E-state index in [0.717, 1.165) is 37.7 Å². The third-order valence-corrected chi connectivity index (χ3v) is 5.22. The number of nitrogens with one attached hydrogen (secondary N) is 1. The minimum absolute atomic E-state index is 0.655. The van der Waals surface area contributed by atoms with Crippen LogP contribution in [0.15, 0.2) is 67.1 Å². The summed E-state index contributed by atoms with van der Waals surface area (Å²) in [5.41, 5.74) is 3.69. The molecule has 140 valence electrons. The fraction of sp³-hybridized carbons (Fsp3) is 0.227. The predicted octanol–water partition coefficient (Wildman–Crippen LogP) is 3.45. The van der Waals surface area contributed by atoms with Crippen LogP contribution >= 0.6 is 0 Å². The Balaban J connectivity index is 1.28. The third-order valence-electron chi connectivity index (χ3n) is 5.22. The number of aromatic nitrogens is 4. The van der Waals surface area contributed by atoms with Crippen LogP contribution in [0, 0.1) is 0 Å². The van der Waals surface area contributed by atoms with Crippen LogP contribution in [-0.2, 0) is 26.2 Å². The lowest BCUT2D eigenvalue weighted by Gasteiger charge is -2.28. The van der Waals surface area contributed by atoms with Gasteiger partial charge in [0.05, 0.1) is 30.7 Å². The van der Waals surface area contributed by atoms with Crippen molar-refractivity contribution in [2.45, 2.75) is 26.2 Å². The molecule has 0 atom stereocenters.